The van der Waals surface area contributed by atoms with E-state index < -0.39 is 23.6 Å². The number of halogens is 3. The van der Waals surface area contributed by atoms with Crippen molar-refractivity contribution in [2.75, 3.05) is 13.1 Å². The number of carbonyl (C=O) groups is 2. The Balaban J connectivity index is 2.09. The van der Waals surface area contributed by atoms with E-state index in [1.165, 1.54) is 0 Å². The molecule has 2 saturated carbocycles. The number of alkyl halides is 3. The maximum absolute atomic E-state index is 13.3. The van der Waals surface area contributed by atoms with Crippen LogP contribution in [0.4, 0.5) is 13.2 Å². The monoisotopic (exact) mass is 592 g/mol. The molecule has 0 aromatic rings. The third-order valence-corrected chi connectivity index (χ3v) is 12.5. The van der Waals surface area contributed by atoms with Crippen molar-refractivity contribution in [2.24, 2.45) is 44.3 Å². The van der Waals surface area contributed by atoms with Crippen molar-refractivity contribution in [2.45, 2.75) is 133 Å². The average molecular weight is 593 g/mol. The normalized spacial score (nSPS) is 39.0. The Kier molecular flexibility index (Phi) is 9.68. The highest BCUT2D eigenvalue weighted by atomic mass is 19.4. The van der Waals surface area contributed by atoms with Crippen molar-refractivity contribution in [3.05, 3.63) is 11.6 Å². The minimum atomic E-state index is -4.24. The number of nitrogens with one attached hydrogen (secondary N) is 1. The molecular weight excluding hydrogens is 537 g/mol. The van der Waals surface area contributed by atoms with E-state index in [4.69, 9.17) is 0 Å². The van der Waals surface area contributed by atoms with Crippen LogP contribution in [-0.2, 0) is 9.59 Å². The number of ketones is 2. The zero-order chi connectivity index (χ0) is 32.0. The number of hydrogen-bond donors (Lipinski definition) is 1. The lowest BCUT2D eigenvalue weighted by molar-refractivity contribution is -0.160. The number of hydrogen-bond acceptors (Lipinski definition) is 4. The quantitative estimate of drug-likeness (QED) is 0.334. The maximum atomic E-state index is 13.3. The average Bonchev–Trinajstić information content (AvgIpc) is 2.85. The number of allylic oxidation sites excluding steroid dienone is 2. The first-order chi connectivity index (χ1) is 19.0. The van der Waals surface area contributed by atoms with E-state index in [2.05, 4.69) is 52.9 Å². The van der Waals surface area contributed by atoms with E-state index in [1.807, 2.05) is 19.9 Å². The molecule has 42 heavy (non-hydrogen) atoms. The third kappa shape index (κ3) is 6.84. The van der Waals surface area contributed by atoms with E-state index in [1.54, 1.807) is 6.92 Å². The van der Waals surface area contributed by atoms with E-state index in [-0.39, 0.29) is 50.6 Å². The summed E-state index contributed by atoms with van der Waals surface area (Å²) in [6.07, 6.45) is 6.33. The number of rotatable bonds is 6. The molecule has 0 aromatic heterocycles. The van der Waals surface area contributed by atoms with Crippen LogP contribution in [0.2, 0.25) is 0 Å². The van der Waals surface area contributed by atoms with Gasteiger partial charge in [0.25, 0.3) is 0 Å². The fraction of sp³-hybridized carbons (Fsp3) is 0.857. The smallest absolute Gasteiger partial charge is 0.308 e. The third-order valence-electron chi connectivity index (χ3n) is 12.5. The first-order valence-electron chi connectivity index (χ1n) is 16.0. The van der Waals surface area contributed by atoms with Gasteiger partial charge in [0.2, 0.25) is 0 Å². The Morgan fingerprint density at radius 1 is 0.976 bits per heavy atom. The molecule has 4 nitrogen and oxygen atoms in total. The van der Waals surface area contributed by atoms with Gasteiger partial charge in [-0.2, -0.15) is 18.4 Å². The lowest BCUT2D eigenvalue weighted by Gasteiger charge is -2.65. The van der Waals surface area contributed by atoms with Crippen molar-refractivity contribution < 1.29 is 22.8 Å². The highest BCUT2D eigenvalue weighted by molar-refractivity contribution is 6.04. The molecule has 238 valence electrons. The number of fused-ring (bicyclic) bond motifs is 1. The van der Waals surface area contributed by atoms with E-state index >= 15 is 0 Å². The van der Waals surface area contributed by atoms with Crippen molar-refractivity contribution >= 4 is 11.6 Å². The molecule has 0 radical (unpaired) electrons. The predicted octanol–water partition coefficient (Wildman–Crippen LogP) is 9.00. The molecule has 3 rings (SSSR count). The minimum absolute atomic E-state index is 0.0194. The standard InChI is InChI=1S/C35H55F3N2O2/c1-24(41)19-27-33(8)20-25(21-39)28(42)30(4,5)26(33)11-14-34(27,9)32(7)13-10-12-29(2,3)15-16-31(6,17-18-32)22-40-23-35(36,37)38/h20,26-27,40H,10-19,22-23H2,1-9H3/t26-,27+,31-,32-,33-,34+/m0/s1. The molecule has 0 saturated heterocycles. The number of Topliss-reactive ketones (excluding diaryl/α,β-unsaturated/α-hetero) is 2. The van der Waals surface area contributed by atoms with E-state index in [0.717, 1.165) is 57.8 Å². The lowest BCUT2D eigenvalue weighted by Crippen LogP contribution is -2.60. The van der Waals surface area contributed by atoms with E-state index in [9.17, 15) is 28.0 Å². The summed E-state index contributed by atoms with van der Waals surface area (Å²) in [5, 5.41) is 12.7. The highest BCUT2D eigenvalue weighted by Crippen LogP contribution is 2.69. The van der Waals surface area contributed by atoms with Crippen molar-refractivity contribution in [1.82, 2.24) is 5.32 Å². The predicted molar refractivity (Wildman–Crippen MR) is 161 cm³/mol. The molecule has 1 N–H and O–H groups in total. The van der Waals surface area contributed by atoms with Gasteiger partial charge in [-0.05, 0) is 97.2 Å². The number of carbonyl (C=O) groups excluding carboxylic acids is 2. The number of nitrogens with zero attached hydrogens (tertiary/aromatic N) is 1. The summed E-state index contributed by atoms with van der Waals surface area (Å²) in [7, 11) is 0. The Hall–Kier alpha value is -1.68. The summed E-state index contributed by atoms with van der Waals surface area (Å²) in [4.78, 5) is 26.3. The van der Waals surface area contributed by atoms with Gasteiger partial charge in [-0.1, -0.05) is 67.9 Å². The summed E-state index contributed by atoms with van der Waals surface area (Å²) in [5.74, 6) is -0.0362. The van der Waals surface area contributed by atoms with Gasteiger partial charge in [-0.15, -0.1) is 0 Å². The molecule has 7 heteroatoms. The number of nitriles is 1. The van der Waals surface area contributed by atoms with Gasteiger partial charge in [0.05, 0.1) is 12.1 Å². The lowest BCUT2D eigenvalue weighted by atomic mass is 9.38. The zero-order valence-electron chi connectivity index (χ0n) is 27.6. The van der Waals surface area contributed by atoms with Crippen LogP contribution >= 0.6 is 0 Å². The van der Waals surface area contributed by atoms with E-state index in [0.29, 0.717) is 13.0 Å². The molecule has 3 aliphatic carbocycles. The Labute approximate surface area is 252 Å². The minimum Gasteiger partial charge on any atom is -0.308 e. The summed E-state index contributed by atoms with van der Waals surface area (Å²) in [5.41, 5.74) is -1.64. The summed E-state index contributed by atoms with van der Waals surface area (Å²) >= 11 is 0. The molecule has 0 aromatic carbocycles. The van der Waals surface area contributed by atoms with Crippen LogP contribution in [0.1, 0.15) is 127 Å². The molecule has 0 amide bonds. The first kappa shape index (κ1) is 34.8. The maximum Gasteiger partial charge on any atom is 0.401 e. The fourth-order valence-electron chi connectivity index (χ4n) is 9.42. The van der Waals surface area contributed by atoms with Gasteiger partial charge in [-0.25, -0.2) is 0 Å². The van der Waals surface area contributed by atoms with Crippen LogP contribution in [0.5, 0.6) is 0 Å². The molecule has 0 unspecified atom stereocenters. The summed E-state index contributed by atoms with van der Waals surface area (Å²) < 4.78 is 39.2. The van der Waals surface area contributed by atoms with Gasteiger partial charge >= 0.3 is 6.18 Å². The van der Waals surface area contributed by atoms with Gasteiger partial charge < -0.3 is 10.1 Å². The molecule has 0 aliphatic heterocycles. The van der Waals surface area contributed by atoms with Crippen LogP contribution in [0.3, 0.4) is 0 Å². The Morgan fingerprint density at radius 2 is 1.60 bits per heavy atom. The van der Waals surface area contributed by atoms with Crippen LogP contribution in [-0.4, -0.2) is 30.8 Å². The second-order valence-corrected chi connectivity index (χ2v) is 16.7. The zero-order valence-corrected chi connectivity index (χ0v) is 27.6. The second-order valence-electron chi connectivity index (χ2n) is 16.7. The van der Waals surface area contributed by atoms with Crippen molar-refractivity contribution in [1.29, 1.82) is 5.26 Å². The molecule has 2 fully saturated rings. The van der Waals surface area contributed by atoms with Gasteiger partial charge in [0, 0.05) is 18.4 Å². The van der Waals surface area contributed by atoms with Crippen molar-refractivity contribution in [3.63, 3.8) is 0 Å². The fourth-order valence-corrected chi connectivity index (χ4v) is 9.42. The van der Waals surface area contributed by atoms with Crippen LogP contribution < -0.4 is 5.32 Å². The van der Waals surface area contributed by atoms with Crippen LogP contribution in [0.25, 0.3) is 0 Å². The largest absolute Gasteiger partial charge is 0.401 e. The molecule has 3 aliphatic rings. The molecule has 0 spiro atoms. The van der Waals surface area contributed by atoms with Gasteiger partial charge in [0.1, 0.15) is 11.9 Å². The second kappa shape index (κ2) is 11.7. The summed E-state index contributed by atoms with van der Waals surface area (Å²) in [6, 6.07) is 2.18. The Bertz CT molecular complexity index is 1120. The first-order valence-corrected chi connectivity index (χ1v) is 16.0. The summed E-state index contributed by atoms with van der Waals surface area (Å²) in [6.45, 7) is 18.5. The SMILES string of the molecule is CC(=O)C[C@@H]1[C@@]2(C)C=C(C#N)C(=O)C(C)(C)[C@@H]2CC[C@@]1(C)[C@@]1(C)CCCC(C)(C)CC[C@](C)(CNCC(F)(F)F)CC1. The topological polar surface area (TPSA) is 70.0 Å². The highest BCUT2D eigenvalue weighted by Gasteiger charge is 2.64. The van der Waals surface area contributed by atoms with Gasteiger partial charge in [-0.3, -0.25) is 4.79 Å². The molecule has 0 heterocycles. The van der Waals surface area contributed by atoms with Crippen LogP contribution in [0.15, 0.2) is 11.6 Å². The van der Waals surface area contributed by atoms with Gasteiger partial charge in [0.15, 0.2) is 5.78 Å². The molecular formula is C35H55F3N2O2. The molecule has 6 atom stereocenters. The van der Waals surface area contributed by atoms with Crippen molar-refractivity contribution in [3.8, 4) is 6.07 Å². The van der Waals surface area contributed by atoms with Crippen LogP contribution in [0, 0.1) is 55.7 Å². The Morgan fingerprint density at radius 3 is 2.17 bits per heavy atom. The molecule has 0 bridgehead atoms.